The predicted molar refractivity (Wildman–Crippen MR) is 131 cm³/mol. The summed E-state index contributed by atoms with van der Waals surface area (Å²) in [6.07, 6.45) is 9.33. The van der Waals surface area contributed by atoms with Gasteiger partial charge < -0.3 is 20.3 Å². The fraction of sp³-hybridized carbons (Fsp3) is 0.621. The number of hydrogen-bond donors (Lipinski definition) is 3. The van der Waals surface area contributed by atoms with E-state index < -0.39 is 11.0 Å². The summed E-state index contributed by atoms with van der Waals surface area (Å²) in [5.41, 5.74) is 1.23. The Kier molecular flexibility index (Phi) is 4.37. The molecule has 0 amide bonds. The topological polar surface area (TPSA) is 77.8 Å². The third kappa shape index (κ3) is 2.59. The second-order valence-electron chi connectivity index (χ2n) is 12.4. The van der Waals surface area contributed by atoms with Crippen molar-refractivity contribution < 1.29 is 19.3 Å². The van der Waals surface area contributed by atoms with Crippen molar-refractivity contribution in [3.63, 3.8) is 0 Å². The zero-order chi connectivity index (χ0) is 24.3. The third-order valence-corrected chi connectivity index (χ3v) is 11.0. The Morgan fingerprint density at radius 1 is 1.14 bits per heavy atom. The van der Waals surface area contributed by atoms with E-state index in [0.717, 1.165) is 63.1 Å². The zero-order valence-electron chi connectivity index (χ0n) is 20.5. The Morgan fingerprint density at radius 3 is 2.81 bits per heavy atom. The molecule has 3 N–H and O–H groups in total. The maximum absolute atomic E-state index is 14.3. The Labute approximate surface area is 210 Å². The number of ether oxygens (including phenoxy) is 1. The number of fused-ring (bicyclic) bond motifs is 1. The van der Waals surface area contributed by atoms with Gasteiger partial charge in [-0.25, -0.2) is 4.39 Å². The monoisotopic (exact) mass is 491 g/mol. The SMILES string of the molecule is Oc1ccc2c3c1O[C@H]1[C@@]4(CC[C@@H]4NCc4ncccc4F)CC[C@@]4(O)[C@@H](C2)N(CC2CC2)CC[C@]314. The number of pyridine rings is 1. The van der Waals surface area contributed by atoms with Gasteiger partial charge in [-0.05, 0) is 87.6 Å². The van der Waals surface area contributed by atoms with Crippen LogP contribution in [0.25, 0.3) is 0 Å². The number of benzene rings is 1. The number of phenolic OH excluding ortho intramolecular Hbond substituents is 1. The van der Waals surface area contributed by atoms with Gasteiger partial charge in [0.25, 0.3) is 0 Å². The lowest BCUT2D eigenvalue weighted by Crippen LogP contribution is -2.80. The number of rotatable bonds is 5. The number of phenols is 1. The molecule has 0 radical (unpaired) electrons. The van der Waals surface area contributed by atoms with E-state index in [-0.39, 0.29) is 35.2 Å². The summed E-state index contributed by atoms with van der Waals surface area (Å²) >= 11 is 0. The molecule has 1 aromatic carbocycles. The minimum Gasteiger partial charge on any atom is -0.504 e. The van der Waals surface area contributed by atoms with Crippen LogP contribution in [0.5, 0.6) is 11.5 Å². The van der Waals surface area contributed by atoms with Gasteiger partial charge in [0.05, 0.1) is 16.7 Å². The lowest BCUT2D eigenvalue weighted by molar-refractivity contribution is -0.236. The standard InChI is InChI=1S/C29H34FN3O3/c30-19-2-1-12-31-20(19)15-32-22-7-8-27(22)9-10-29(35)23-14-18-5-6-21(34)25-24(18)28(29,26(27)36-25)11-13-33(23)16-17-3-4-17/h1-2,5-6,12,17,22-23,26,32,34-35H,3-4,7-11,13-16H2/t22-,23+,26-,27-,28-,29+/m0/s1. The van der Waals surface area contributed by atoms with Crippen molar-refractivity contribution in [2.24, 2.45) is 11.3 Å². The number of nitrogens with zero attached hydrogens (tertiary/aromatic N) is 2. The van der Waals surface area contributed by atoms with Crippen molar-refractivity contribution in [2.45, 2.75) is 87.1 Å². The van der Waals surface area contributed by atoms with Gasteiger partial charge in [0.15, 0.2) is 11.5 Å². The molecule has 3 saturated carbocycles. The van der Waals surface area contributed by atoms with Crippen LogP contribution in [-0.4, -0.2) is 57.0 Å². The number of nitrogens with one attached hydrogen (secondary N) is 1. The lowest BCUT2D eigenvalue weighted by Gasteiger charge is -2.69. The molecule has 1 aromatic heterocycles. The van der Waals surface area contributed by atoms with Crippen LogP contribution in [0.15, 0.2) is 30.5 Å². The highest BCUT2D eigenvalue weighted by atomic mass is 19.1. The lowest BCUT2D eigenvalue weighted by atomic mass is 9.40. The minimum absolute atomic E-state index is 0.0902. The van der Waals surface area contributed by atoms with Crippen molar-refractivity contribution in [1.29, 1.82) is 0 Å². The largest absolute Gasteiger partial charge is 0.504 e. The minimum atomic E-state index is -0.866. The summed E-state index contributed by atoms with van der Waals surface area (Å²) in [6.45, 7) is 2.43. The molecule has 2 aromatic rings. The molecule has 6 atom stereocenters. The number of aromatic hydroxyl groups is 1. The van der Waals surface area contributed by atoms with Crippen molar-refractivity contribution in [2.75, 3.05) is 13.1 Å². The van der Waals surface area contributed by atoms with E-state index in [9.17, 15) is 14.6 Å². The summed E-state index contributed by atoms with van der Waals surface area (Å²) in [6, 6.07) is 7.17. The van der Waals surface area contributed by atoms with Gasteiger partial charge in [-0.3, -0.25) is 9.88 Å². The fourth-order valence-electron chi connectivity index (χ4n) is 8.99. The molecule has 2 aliphatic heterocycles. The third-order valence-electron chi connectivity index (χ3n) is 11.0. The highest BCUT2D eigenvalue weighted by Gasteiger charge is 2.77. The van der Waals surface area contributed by atoms with Crippen LogP contribution in [0.1, 0.15) is 61.8 Å². The average molecular weight is 492 g/mol. The van der Waals surface area contributed by atoms with Gasteiger partial charge >= 0.3 is 0 Å². The Morgan fingerprint density at radius 2 is 2.03 bits per heavy atom. The Balaban J connectivity index is 1.19. The molecular weight excluding hydrogens is 457 g/mol. The van der Waals surface area contributed by atoms with Gasteiger partial charge in [-0.2, -0.15) is 0 Å². The molecule has 6 nitrogen and oxygen atoms in total. The summed E-state index contributed by atoms with van der Waals surface area (Å²) in [7, 11) is 0. The average Bonchev–Trinajstić information content (AvgIpc) is 3.60. The van der Waals surface area contributed by atoms with Crippen LogP contribution in [0.2, 0.25) is 0 Å². The first-order valence-corrected chi connectivity index (χ1v) is 13.8. The molecule has 8 rings (SSSR count). The second-order valence-corrected chi connectivity index (χ2v) is 12.4. The van der Waals surface area contributed by atoms with Crippen LogP contribution in [0, 0.1) is 17.2 Å². The molecule has 1 saturated heterocycles. The molecule has 3 heterocycles. The Hall–Kier alpha value is -2.22. The number of piperidine rings is 1. The van der Waals surface area contributed by atoms with Crippen LogP contribution in [0.3, 0.4) is 0 Å². The van der Waals surface area contributed by atoms with Crippen molar-refractivity contribution in [1.82, 2.24) is 15.2 Å². The summed E-state index contributed by atoms with van der Waals surface area (Å²) in [5, 5.41) is 27.2. The Bertz CT molecular complexity index is 1250. The van der Waals surface area contributed by atoms with Gasteiger partial charge in [-0.1, -0.05) is 6.07 Å². The second kappa shape index (κ2) is 7.21. The fourth-order valence-corrected chi connectivity index (χ4v) is 8.99. The van der Waals surface area contributed by atoms with Crippen molar-refractivity contribution in [3.05, 3.63) is 53.1 Å². The molecule has 7 heteroatoms. The number of likely N-dealkylation sites (tertiary alicyclic amines) is 1. The first-order valence-electron chi connectivity index (χ1n) is 13.8. The van der Waals surface area contributed by atoms with Gasteiger partial charge in [0.2, 0.25) is 0 Å². The summed E-state index contributed by atoms with van der Waals surface area (Å²) < 4.78 is 21.1. The van der Waals surface area contributed by atoms with E-state index in [0.29, 0.717) is 18.0 Å². The van der Waals surface area contributed by atoms with Gasteiger partial charge in [0.1, 0.15) is 11.9 Å². The zero-order valence-corrected chi connectivity index (χ0v) is 20.5. The normalized spacial score (nSPS) is 40.0. The highest BCUT2D eigenvalue weighted by Crippen LogP contribution is 2.71. The quantitative estimate of drug-likeness (QED) is 0.595. The van der Waals surface area contributed by atoms with E-state index in [1.165, 1.54) is 24.5 Å². The molecule has 190 valence electrons. The van der Waals surface area contributed by atoms with Crippen LogP contribution < -0.4 is 10.1 Å². The molecule has 2 spiro atoms. The van der Waals surface area contributed by atoms with E-state index in [2.05, 4.69) is 21.3 Å². The number of hydrogen-bond acceptors (Lipinski definition) is 6. The maximum atomic E-state index is 14.3. The molecule has 6 aliphatic rings. The number of halogens is 1. The van der Waals surface area contributed by atoms with Gasteiger partial charge in [-0.15, -0.1) is 0 Å². The molecular formula is C29H34FN3O3. The summed E-state index contributed by atoms with van der Waals surface area (Å²) in [5.74, 6) is 1.28. The highest BCUT2D eigenvalue weighted by molar-refractivity contribution is 5.63. The molecule has 2 bridgehead atoms. The molecule has 36 heavy (non-hydrogen) atoms. The van der Waals surface area contributed by atoms with E-state index in [4.69, 9.17) is 4.74 Å². The summed E-state index contributed by atoms with van der Waals surface area (Å²) in [4.78, 5) is 6.81. The van der Waals surface area contributed by atoms with Crippen LogP contribution in [0.4, 0.5) is 4.39 Å². The van der Waals surface area contributed by atoms with E-state index in [1.807, 2.05) is 0 Å². The van der Waals surface area contributed by atoms with Gasteiger partial charge in [0, 0.05) is 42.3 Å². The molecule has 4 fully saturated rings. The molecule has 0 unspecified atom stereocenters. The smallest absolute Gasteiger partial charge is 0.165 e. The number of aromatic nitrogens is 1. The molecule has 4 aliphatic carbocycles. The van der Waals surface area contributed by atoms with Crippen molar-refractivity contribution in [3.8, 4) is 11.5 Å². The van der Waals surface area contributed by atoms with E-state index >= 15 is 0 Å². The van der Waals surface area contributed by atoms with Crippen LogP contribution >= 0.6 is 0 Å². The first-order chi connectivity index (χ1) is 17.5. The van der Waals surface area contributed by atoms with Crippen LogP contribution in [-0.2, 0) is 18.4 Å². The van der Waals surface area contributed by atoms with Crippen molar-refractivity contribution >= 4 is 0 Å². The van der Waals surface area contributed by atoms with E-state index in [1.54, 1.807) is 18.3 Å². The predicted octanol–water partition coefficient (Wildman–Crippen LogP) is 3.43. The maximum Gasteiger partial charge on any atom is 0.165 e. The first kappa shape index (κ1) is 21.8. The number of aliphatic hydroxyl groups is 1.